The van der Waals surface area contributed by atoms with Crippen LogP contribution in [0.5, 0.6) is 11.5 Å². The van der Waals surface area contributed by atoms with E-state index >= 15 is 0 Å². The fourth-order valence-corrected chi connectivity index (χ4v) is 2.02. The van der Waals surface area contributed by atoms with Gasteiger partial charge in [-0.05, 0) is 43.2 Å². The van der Waals surface area contributed by atoms with Gasteiger partial charge >= 0.3 is 0 Å². The van der Waals surface area contributed by atoms with Crippen LogP contribution in [0.1, 0.15) is 20.3 Å². The van der Waals surface area contributed by atoms with Gasteiger partial charge < -0.3 is 9.47 Å². The lowest BCUT2D eigenvalue weighted by atomic mass is 10.0. The molecule has 0 bridgehead atoms. The summed E-state index contributed by atoms with van der Waals surface area (Å²) in [6, 6.07) is 6.73. The van der Waals surface area contributed by atoms with Crippen LogP contribution in [0.2, 0.25) is 0 Å². The summed E-state index contributed by atoms with van der Waals surface area (Å²) in [4.78, 5) is 0. The first-order valence-corrected chi connectivity index (χ1v) is 7.12. The lowest BCUT2D eigenvalue weighted by molar-refractivity contribution is 0.301. The molecule has 0 saturated heterocycles. The predicted molar refractivity (Wildman–Crippen MR) is 78.7 cm³/mol. The van der Waals surface area contributed by atoms with E-state index in [0.717, 1.165) is 12.5 Å². The van der Waals surface area contributed by atoms with Crippen molar-refractivity contribution in [2.45, 2.75) is 20.3 Å². The van der Waals surface area contributed by atoms with Crippen LogP contribution in [0.3, 0.4) is 0 Å². The number of hydrogen-bond acceptors (Lipinski definition) is 2. The minimum atomic E-state index is -1.08. The highest BCUT2D eigenvalue weighted by Gasteiger charge is 2.16. The Morgan fingerprint density at radius 2 is 1.59 bits per heavy atom. The molecule has 0 spiro atoms. The zero-order chi connectivity index (χ0) is 16.1. The molecule has 0 N–H and O–H groups in total. The molecule has 0 radical (unpaired) electrons. The van der Waals surface area contributed by atoms with Crippen LogP contribution in [-0.2, 0) is 0 Å². The van der Waals surface area contributed by atoms with Crippen LogP contribution < -0.4 is 9.47 Å². The third kappa shape index (κ3) is 3.35. The van der Waals surface area contributed by atoms with Crippen molar-refractivity contribution in [1.29, 1.82) is 0 Å². The van der Waals surface area contributed by atoms with E-state index in [4.69, 9.17) is 9.47 Å². The van der Waals surface area contributed by atoms with Gasteiger partial charge in [0.05, 0.1) is 13.2 Å². The standard InChI is InChI=1S/C17H17F3O2/c1-3-9-22-14-7-5-11(10-13(14)18)12-6-8-15(21-4-2)17(20)16(12)19/h5-8,10H,3-4,9H2,1-2H3. The maximum absolute atomic E-state index is 14.1. The second-order valence-corrected chi connectivity index (χ2v) is 4.67. The Morgan fingerprint density at radius 1 is 0.864 bits per heavy atom. The van der Waals surface area contributed by atoms with E-state index in [0.29, 0.717) is 6.61 Å². The molecule has 0 aliphatic rings. The van der Waals surface area contributed by atoms with Crippen molar-refractivity contribution in [1.82, 2.24) is 0 Å². The van der Waals surface area contributed by atoms with Gasteiger partial charge in [-0.25, -0.2) is 8.78 Å². The summed E-state index contributed by atoms with van der Waals surface area (Å²) >= 11 is 0. The van der Waals surface area contributed by atoms with E-state index in [1.54, 1.807) is 6.92 Å². The number of ether oxygens (including phenoxy) is 2. The smallest absolute Gasteiger partial charge is 0.201 e. The SMILES string of the molecule is CCCOc1ccc(-c2ccc(OCC)c(F)c2F)cc1F. The second-order valence-electron chi connectivity index (χ2n) is 4.67. The van der Waals surface area contributed by atoms with E-state index in [9.17, 15) is 13.2 Å². The van der Waals surface area contributed by atoms with Crippen LogP contribution in [0.4, 0.5) is 13.2 Å². The zero-order valence-corrected chi connectivity index (χ0v) is 12.5. The van der Waals surface area contributed by atoms with Crippen LogP contribution in [-0.4, -0.2) is 13.2 Å². The highest BCUT2D eigenvalue weighted by molar-refractivity contribution is 5.66. The third-order valence-electron chi connectivity index (χ3n) is 3.05. The summed E-state index contributed by atoms with van der Waals surface area (Å²) in [5.74, 6) is -2.82. The van der Waals surface area contributed by atoms with Crippen molar-refractivity contribution in [2.24, 2.45) is 0 Å². The van der Waals surface area contributed by atoms with Crippen molar-refractivity contribution in [3.05, 3.63) is 47.8 Å². The predicted octanol–water partition coefficient (Wildman–Crippen LogP) is 4.96. The largest absolute Gasteiger partial charge is 0.491 e. The number of rotatable bonds is 6. The lowest BCUT2D eigenvalue weighted by Crippen LogP contribution is -2.00. The molecule has 0 unspecified atom stereocenters. The maximum Gasteiger partial charge on any atom is 0.201 e. The molecule has 0 aliphatic heterocycles. The Labute approximate surface area is 127 Å². The summed E-state index contributed by atoms with van der Waals surface area (Å²) in [6.45, 7) is 4.20. The molecule has 2 rings (SSSR count). The first-order valence-electron chi connectivity index (χ1n) is 7.12. The van der Waals surface area contributed by atoms with E-state index in [1.165, 1.54) is 24.3 Å². The Morgan fingerprint density at radius 3 is 2.23 bits per heavy atom. The summed E-state index contributed by atoms with van der Waals surface area (Å²) in [5.41, 5.74) is 0.211. The van der Waals surface area contributed by atoms with E-state index < -0.39 is 17.5 Å². The van der Waals surface area contributed by atoms with Crippen molar-refractivity contribution in [2.75, 3.05) is 13.2 Å². The van der Waals surface area contributed by atoms with Crippen molar-refractivity contribution in [3.8, 4) is 22.6 Å². The van der Waals surface area contributed by atoms with Crippen molar-refractivity contribution in [3.63, 3.8) is 0 Å². The number of hydrogen-bond donors (Lipinski definition) is 0. The molecule has 0 amide bonds. The summed E-state index contributed by atoms with van der Waals surface area (Å²) in [5, 5.41) is 0. The van der Waals surface area contributed by atoms with Gasteiger partial charge in [-0.3, -0.25) is 0 Å². The molecule has 2 aromatic rings. The Balaban J connectivity index is 2.36. The van der Waals surface area contributed by atoms with Gasteiger partial charge in [-0.1, -0.05) is 13.0 Å². The van der Waals surface area contributed by atoms with Gasteiger partial charge in [-0.15, -0.1) is 0 Å². The molecule has 5 heteroatoms. The molecule has 0 aromatic heterocycles. The molecule has 0 heterocycles. The van der Waals surface area contributed by atoms with Gasteiger partial charge in [0.2, 0.25) is 5.82 Å². The van der Waals surface area contributed by atoms with Crippen LogP contribution in [0, 0.1) is 17.5 Å². The molecular formula is C17H17F3O2. The van der Waals surface area contributed by atoms with E-state index in [1.807, 2.05) is 6.92 Å². The molecule has 22 heavy (non-hydrogen) atoms. The maximum atomic E-state index is 14.1. The fraction of sp³-hybridized carbons (Fsp3) is 0.294. The molecule has 0 saturated carbocycles. The fourth-order valence-electron chi connectivity index (χ4n) is 2.02. The monoisotopic (exact) mass is 310 g/mol. The normalized spacial score (nSPS) is 10.6. The van der Waals surface area contributed by atoms with Gasteiger partial charge in [0.15, 0.2) is 23.1 Å². The lowest BCUT2D eigenvalue weighted by Gasteiger charge is -2.11. The average molecular weight is 310 g/mol. The molecule has 2 aromatic carbocycles. The van der Waals surface area contributed by atoms with Crippen LogP contribution in [0.25, 0.3) is 11.1 Å². The quantitative estimate of drug-likeness (QED) is 0.751. The molecular weight excluding hydrogens is 293 g/mol. The summed E-state index contributed by atoms with van der Waals surface area (Å²) in [6.07, 6.45) is 0.750. The average Bonchev–Trinajstić information content (AvgIpc) is 2.51. The Bertz CT molecular complexity index is 657. The second kappa shape index (κ2) is 7.20. The minimum Gasteiger partial charge on any atom is -0.491 e. The van der Waals surface area contributed by atoms with Gasteiger partial charge in [0.1, 0.15) is 0 Å². The summed E-state index contributed by atoms with van der Waals surface area (Å²) < 4.78 is 52.1. The molecule has 0 atom stereocenters. The van der Waals surface area contributed by atoms with Gasteiger partial charge in [-0.2, -0.15) is 4.39 Å². The molecule has 2 nitrogen and oxygen atoms in total. The number of benzene rings is 2. The van der Waals surface area contributed by atoms with Crippen LogP contribution >= 0.6 is 0 Å². The Kier molecular flexibility index (Phi) is 5.31. The highest BCUT2D eigenvalue weighted by Crippen LogP contribution is 2.32. The third-order valence-corrected chi connectivity index (χ3v) is 3.05. The molecule has 0 fully saturated rings. The topological polar surface area (TPSA) is 18.5 Å². The minimum absolute atomic E-state index is 0.0260. The molecule has 118 valence electrons. The van der Waals surface area contributed by atoms with E-state index in [2.05, 4.69) is 0 Å². The Hall–Kier alpha value is -2.17. The first-order chi connectivity index (χ1) is 10.6. The van der Waals surface area contributed by atoms with Crippen molar-refractivity contribution >= 4 is 0 Å². The number of halogens is 3. The van der Waals surface area contributed by atoms with Crippen molar-refractivity contribution < 1.29 is 22.6 Å². The zero-order valence-electron chi connectivity index (χ0n) is 12.5. The summed E-state index contributed by atoms with van der Waals surface area (Å²) in [7, 11) is 0. The molecule has 0 aliphatic carbocycles. The highest BCUT2D eigenvalue weighted by atomic mass is 19.2. The van der Waals surface area contributed by atoms with Gasteiger partial charge in [0, 0.05) is 5.56 Å². The van der Waals surface area contributed by atoms with Crippen LogP contribution in [0.15, 0.2) is 30.3 Å². The van der Waals surface area contributed by atoms with Gasteiger partial charge in [0.25, 0.3) is 0 Å². The first kappa shape index (κ1) is 16.2. The van der Waals surface area contributed by atoms with E-state index in [-0.39, 0.29) is 29.2 Å².